The molecule has 3 nitrogen and oxygen atoms in total. The number of aliphatic hydroxyl groups excluding tert-OH is 1. The summed E-state index contributed by atoms with van der Waals surface area (Å²) in [6.45, 7) is 6.10. The molecule has 16 heavy (non-hydrogen) atoms. The number of aldehydes is 1. The molecule has 0 aromatic carbocycles. The second-order valence-corrected chi connectivity index (χ2v) is 5.28. The van der Waals surface area contributed by atoms with Crippen molar-refractivity contribution in [1.82, 2.24) is 4.90 Å². The summed E-state index contributed by atoms with van der Waals surface area (Å²) in [6.07, 6.45) is 6.64. The first kappa shape index (κ1) is 13.7. The number of hydrogen-bond acceptors (Lipinski definition) is 3. The molecule has 1 rings (SSSR count). The highest BCUT2D eigenvalue weighted by Gasteiger charge is 2.29. The minimum absolute atomic E-state index is 0.221. The number of rotatable bonds is 5. The number of likely N-dealkylation sites (tertiary alicyclic amines) is 1. The first-order chi connectivity index (χ1) is 7.65. The van der Waals surface area contributed by atoms with Crippen molar-refractivity contribution in [1.29, 1.82) is 0 Å². The maximum absolute atomic E-state index is 11.1. The van der Waals surface area contributed by atoms with Crippen LogP contribution in [0.1, 0.15) is 46.0 Å². The van der Waals surface area contributed by atoms with Gasteiger partial charge >= 0.3 is 0 Å². The van der Waals surface area contributed by atoms with E-state index in [2.05, 4.69) is 11.8 Å². The van der Waals surface area contributed by atoms with Gasteiger partial charge in [-0.15, -0.1) is 0 Å². The summed E-state index contributed by atoms with van der Waals surface area (Å²) < 4.78 is 0. The first-order valence-corrected chi connectivity index (χ1v) is 6.46. The van der Waals surface area contributed by atoms with Gasteiger partial charge < -0.3 is 9.90 Å². The second kappa shape index (κ2) is 6.36. The Balaban J connectivity index is 2.63. The molecule has 1 heterocycles. The molecule has 0 aromatic rings. The van der Waals surface area contributed by atoms with Crippen LogP contribution in [0.2, 0.25) is 0 Å². The lowest BCUT2D eigenvalue weighted by molar-refractivity contribution is -0.117. The van der Waals surface area contributed by atoms with E-state index in [0.717, 1.165) is 32.2 Å². The minimum atomic E-state index is -0.252. The lowest BCUT2D eigenvalue weighted by Crippen LogP contribution is -2.44. The molecule has 94 valence electrons. The molecule has 2 unspecified atom stereocenters. The van der Waals surface area contributed by atoms with Crippen molar-refractivity contribution in [3.63, 3.8) is 0 Å². The Kier molecular flexibility index (Phi) is 5.42. The zero-order valence-corrected chi connectivity index (χ0v) is 10.6. The number of carbonyl (C=O) groups is 1. The van der Waals surface area contributed by atoms with Crippen LogP contribution in [0.5, 0.6) is 0 Å². The molecule has 1 aliphatic heterocycles. The van der Waals surface area contributed by atoms with E-state index >= 15 is 0 Å². The maximum Gasteiger partial charge on any atom is 0.127 e. The number of carbonyl (C=O) groups excluding carboxylic acids is 1. The van der Waals surface area contributed by atoms with E-state index in [4.69, 9.17) is 0 Å². The molecule has 0 bridgehead atoms. The van der Waals surface area contributed by atoms with Gasteiger partial charge in [0.2, 0.25) is 0 Å². The summed E-state index contributed by atoms with van der Waals surface area (Å²) in [5.74, 6) is 0. The smallest absolute Gasteiger partial charge is 0.127 e. The van der Waals surface area contributed by atoms with Crippen molar-refractivity contribution in [3.8, 4) is 0 Å². The van der Waals surface area contributed by atoms with Crippen molar-refractivity contribution in [2.24, 2.45) is 5.41 Å². The van der Waals surface area contributed by atoms with Crippen molar-refractivity contribution < 1.29 is 9.90 Å². The summed E-state index contributed by atoms with van der Waals surface area (Å²) in [7, 11) is 0. The van der Waals surface area contributed by atoms with E-state index < -0.39 is 0 Å². The predicted molar refractivity (Wildman–Crippen MR) is 65.4 cm³/mol. The monoisotopic (exact) mass is 227 g/mol. The van der Waals surface area contributed by atoms with Gasteiger partial charge in [0.05, 0.1) is 6.61 Å². The SMILES string of the molecule is CCC(C)(C=O)CN1CCCCCC1CO. The van der Waals surface area contributed by atoms with E-state index in [-0.39, 0.29) is 18.1 Å². The Morgan fingerprint density at radius 1 is 1.44 bits per heavy atom. The van der Waals surface area contributed by atoms with E-state index in [1.807, 2.05) is 6.92 Å². The molecule has 0 aromatic heterocycles. The molecule has 0 aliphatic carbocycles. The van der Waals surface area contributed by atoms with Crippen molar-refractivity contribution in [3.05, 3.63) is 0 Å². The summed E-state index contributed by atoms with van der Waals surface area (Å²) >= 11 is 0. The maximum atomic E-state index is 11.1. The van der Waals surface area contributed by atoms with E-state index in [9.17, 15) is 9.90 Å². The zero-order chi connectivity index (χ0) is 12.0. The number of hydrogen-bond donors (Lipinski definition) is 1. The fraction of sp³-hybridized carbons (Fsp3) is 0.923. The Labute approximate surface area is 98.8 Å². The van der Waals surface area contributed by atoms with Gasteiger partial charge in [-0.25, -0.2) is 0 Å². The molecule has 0 saturated carbocycles. The molecule has 1 fully saturated rings. The molecule has 0 amide bonds. The molecule has 3 heteroatoms. The van der Waals surface area contributed by atoms with Gasteiger partial charge in [0.1, 0.15) is 6.29 Å². The Morgan fingerprint density at radius 2 is 2.19 bits per heavy atom. The summed E-state index contributed by atoms with van der Waals surface area (Å²) in [5.41, 5.74) is -0.252. The zero-order valence-electron chi connectivity index (χ0n) is 10.6. The van der Waals surface area contributed by atoms with Crippen molar-refractivity contribution in [2.75, 3.05) is 19.7 Å². The quantitative estimate of drug-likeness (QED) is 0.729. The third-order valence-corrected chi connectivity index (χ3v) is 3.87. The van der Waals surface area contributed by atoms with Gasteiger partial charge in [-0.05, 0) is 25.8 Å². The number of aliphatic hydroxyl groups is 1. The van der Waals surface area contributed by atoms with Gasteiger partial charge in [0, 0.05) is 18.0 Å². The summed E-state index contributed by atoms with van der Waals surface area (Å²) in [6, 6.07) is 0.258. The Bertz CT molecular complexity index is 220. The fourth-order valence-electron chi connectivity index (χ4n) is 2.35. The van der Waals surface area contributed by atoms with Gasteiger partial charge in [-0.3, -0.25) is 4.90 Å². The molecule has 0 radical (unpaired) electrons. The average Bonchev–Trinajstić information content (AvgIpc) is 2.54. The highest BCUT2D eigenvalue weighted by Crippen LogP contribution is 2.24. The topological polar surface area (TPSA) is 40.5 Å². The normalized spacial score (nSPS) is 27.1. The van der Waals surface area contributed by atoms with Gasteiger partial charge in [0.15, 0.2) is 0 Å². The summed E-state index contributed by atoms with van der Waals surface area (Å²) in [5, 5.41) is 9.40. The van der Waals surface area contributed by atoms with Crippen molar-refractivity contribution >= 4 is 6.29 Å². The largest absolute Gasteiger partial charge is 0.395 e. The molecular formula is C13H25NO2. The average molecular weight is 227 g/mol. The van der Waals surface area contributed by atoms with Crippen LogP contribution in [0.15, 0.2) is 0 Å². The Morgan fingerprint density at radius 3 is 2.75 bits per heavy atom. The van der Waals surface area contributed by atoms with E-state index in [1.165, 1.54) is 19.3 Å². The van der Waals surface area contributed by atoms with Crippen LogP contribution in [0.3, 0.4) is 0 Å². The molecule has 2 atom stereocenters. The third kappa shape index (κ3) is 3.56. The Hall–Kier alpha value is -0.410. The fourth-order valence-corrected chi connectivity index (χ4v) is 2.35. The molecular weight excluding hydrogens is 202 g/mol. The van der Waals surface area contributed by atoms with Gasteiger partial charge in [0.25, 0.3) is 0 Å². The van der Waals surface area contributed by atoms with Crippen LogP contribution in [-0.2, 0) is 4.79 Å². The number of nitrogens with zero attached hydrogens (tertiary/aromatic N) is 1. The van der Waals surface area contributed by atoms with Crippen LogP contribution in [0.4, 0.5) is 0 Å². The predicted octanol–water partition coefficient (Wildman–Crippen LogP) is 1.84. The van der Waals surface area contributed by atoms with Crippen LogP contribution in [0.25, 0.3) is 0 Å². The molecule has 1 saturated heterocycles. The van der Waals surface area contributed by atoms with Crippen LogP contribution in [0, 0.1) is 5.41 Å². The molecule has 1 aliphatic rings. The lowest BCUT2D eigenvalue weighted by atomic mass is 9.88. The van der Waals surface area contributed by atoms with E-state index in [1.54, 1.807) is 0 Å². The first-order valence-electron chi connectivity index (χ1n) is 6.46. The highest BCUT2D eigenvalue weighted by atomic mass is 16.3. The van der Waals surface area contributed by atoms with Crippen LogP contribution >= 0.6 is 0 Å². The van der Waals surface area contributed by atoms with Gasteiger partial charge in [-0.2, -0.15) is 0 Å². The van der Waals surface area contributed by atoms with Crippen LogP contribution < -0.4 is 0 Å². The lowest BCUT2D eigenvalue weighted by Gasteiger charge is -2.34. The standard InChI is InChI=1S/C13H25NO2/c1-3-13(2,11-16)10-14-8-6-4-5-7-12(14)9-15/h11-12,15H,3-10H2,1-2H3. The summed E-state index contributed by atoms with van der Waals surface area (Å²) in [4.78, 5) is 13.4. The third-order valence-electron chi connectivity index (χ3n) is 3.87. The molecule has 1 N–H and O–H groups in total. The van der Waals surface area contributed by atoms with Crippen molar-refractivity contribution in [2.45, 2.75) is 52.0 Å². The van der Waals surface area contributed by atoms with Crippen LogP contribution in [-0.4, -0.2) is 42.0 Å². The highest BCUT2D eigenvalue weighted by molar-refractivity contribution is 5.58. The molecule has 0 spiro atoms. The second-order valence-electron chi connectivity index (χ2n) is 5.28. The minimum Gasteiger partial charge on any atom is -0.395 e. The van der Waals surface area contributed by atoms with E-state index in [0.29, 0.717) is 0 Å². The van der Waals surface area contributed by atoms with Gasteiger partial charge in [-0.1, -0.05) is 26.7 Å².